The van der Waals surface area contributed by atoms with Gasteiger partial charge in [0.05, 0.1) is 37.6 Å². The maximum Gasteiger partial charge on any atom is 0.161 e. The van der Waals surface area contributed by atoms with E-state index in [0.29, 0.717) is 71.9 Å². The number of phenolic OH excluding ortho intramolecular Hbond substituents is 2. The zero-order chi connectivity index (χ0) is 42.9. The molecule has 8 bridgehead atoms. The summed E-state index contributed by atoms with van der Waals surface area (Å²) in [6, 6.07) is 14.6. The van der Waals surface area contributed by atoms with Gasteiger partial charge in [0, 0.05) is 47.6 Å². The first-order valence-electron chi connectivity index (χ1n) is 21.3. The van der Waals surface area contributed by atoms with Gasteiger partial charge in [-0.05, 0) is 126 Å². The van der Waals surface area contributed by atoms with Gasteiger partial charge in [0.25, 0.3) is 0 Å². The van der Waals surface area contributed by atoms with Gasteiger partial charge in [-0.25, -0.2) is 0 Å². The zero-order valence-corrected chi connectivity index (χ0v) is 36.1. The summed E-state index contributed by atoms with van der Waals surface area (Å²) in [7, 11) is 3.55. The third-order valence-electron chi connectivity index (χ3n) is 12.4. The number of aliphatic hydroxyl groups excluding tert-OH is 2. The molecule has 3 aromatic carbocycles. The monoisotopic (exact) mass is 862 g/mol. The molecular formula is C49H56N3O7S2-. The van der Waals surface area contributed by atoms with Gasteiger partial charge >= 0.3 is 0 Å². The minimum absolute atomic E-state index is 0.00534. The molecular weight excluding hydrogens is 807 g/mol. The number of ether oxygens (including phenoxy) is 1. The second kappa shape index (κ2) is 20.6. The van der Waals surface area contributed by atoms with Crippen LogP contribution >= 0.6 is 21.6 Å². The number of ketones is 1. The number of benzene rings is 3. The SMILES string of the molecule is NC(N)c1cc2c3cc1CSSC[C@H]1CC[C@@](CCCC[C@H](O)CO)(/C=C\C(=O)CCc4ccc(O)c(c4)OCCc4ccc(O)c(c4)[C@@H]3CC([O-])=C3C=CN=C3CC#C2)C1. The Bertz CT molecular complexity index is 2270. The molecule has 61 heavy (non-hydrogen) atoms. The van der Waals surface area contributed by atoms with Crippen LogP contribution in [0.2, 0.25) is 0 Å². The second-order valence-electron chi connectivity index (χ2n) is 16.8. The minimum atomic E-state index is -0.761. The van der Waals surface area contributed by atoms with Gasteiger partial charge in [0.1, 0.15) is 5.75 Å². The van der Waals surface area contributed by atoms with E-state index in [2.05, 4.69) is 29.0 Å². The molecule has 10 nitrogen and oxygen atoms in total. The first-order valence-corrected chi connectivity index (χ1v) is 23.8. The summed E-state index contributed by atoms with van der Waals surface area (Å²) in [5.41, 5.74) is 19.5. The summed E-state index contributed by atoms with van der Waals surface area (Å²) >= 11 is 0. The summed E-state index contributed by atoms with van der Waals surface area (Å²) in [5.74, 6) is 8.39. The Balaban J connectivity index is 1.23. The Hall–Kier alpha value is -4.48. The summed E-state index contributed by atoms with van der Waals surface area (Å²) in [5, 5.41) is 55.6. The van der Waals surface area contributed by atoms with Crippen molar-refractivity contribution in [1.82, 2.24) is 0 Å². The number of aryl methyl sites for hydroxylation is 1. The maximum absolute atomic E-state index is 14.1. The van der Waals surface area contributed by atoms with Crippen molar-refractivity contribution in [1.29, 1.82) is 0 Å². The molecule has 1 saturated carbocycles. The van der Waals surface area contributed by atoms with Crippen LogP contribution in [-0.4, -0.2) is 57.0 Å². The number of allylic oxidation sites excluding steroid dienone is 5. The highest BCUT2D eigenvalue weighted by Gasteiger charge is 2.37. The Morgan fingerprint density at radius 3 is 2.62 bits per heavy atom. The van der Waals surface area contributed by atoms with Crippen LogP contribution < -0.4 is 21.3 Å². The highest BCUT2D eigenvalue weighted by Crippen LogP contribution is 2.49. The number of hydrogen-bond acceptors (Lipinski definition) is 12. The summed E-state index contributed by atoms with van der Waals surface area (Å²) in [6.45, 7) is -0.00914. The molecule has 12 heteroatoms. The van der Waals surface area contributed by atoms with E-state index in [1.807, 2.05) is 35.1 Å². The topological polar surface area (TPSA) is 195 Å². The third kappa shape index (κ3) is 11.3. The van der Waals surface area contributed by atoms with Crippen LogP contribution in [0.1, 0.15) is 115 Å². The van der Waals surface area contributed by atoms with Gasteiger partial charge in [-0.3, -0.25) is 9.79 Å². The van der Waals surface area contributed by atoms with Crippen LogP contribution in [0, 0.1) is 23.2 Å². The lowest BCUT2D eigenvalue weighted by molar-refractivity contribution is -0.307. The van der Waals surface area contributed by atoms with E-state index < -0.39 is 18.2 Å². The largest absolute Gasteiger partial charge is 0.875 e. The minimum Gasteiger partial charge on any atom is -0.875 e. The number of aliphatic hydroxyl groups is 2. The number of carbonyl (C=O) groups is 1. The number of nitrogens with two attached hydrogens (primary N) is 2. The molecule has 0 unspecified atom stereocenters. The molecule has 2 aliphatic carbocycles. The van der Waals surface area contributed by atoms with Crippen molar-refractivity contribution >= 4 is 33.1 Å². The molecule has 1 fully saturated rings. The van der Waals surface area contributed by atoms with Gasteiger partial charge in [-0.15, -0.1) is 5.76 Å². The molecule has 4 aliphatic rings. The van der Waals surface area contributed by atoms with Crippen molar-refractivity contribution in [2.45, 2.75) is 101 Å². The molecule has 0 radical (unpaired) electrons. The lowest BCUT2D eigenvalue weighted by Crippen LogP contribution is -2.23. The Kier molecular flexibility index (Phi) is 15.0. The molecule has 8 N–H and O–H groups in total. The van der Waals surface area contributed by atoms with Crippen molar-refractivity contribution < 1.29 is 35.1 Å². The van der Waals surface area contributed by atoms with Crippen LogP contribution in [0.5, 0.6) is 17.2 Å². The average molecular weight is 863 g/mol. The van der Waals surface area contributed by atoms with E-state index in [0.717, 1.165) is 72.1 Å². The highest BCUT2D eigenvalue weighted by molar-refractivity contribution is 8.76. The molecule has 4 atom stereocenters. The summed E-state index contributed by atoms with van der Waals surface area (Å²) < 4.78 is 6.12. The number of phenols is 2. The van der Waals surface area contributed by atoms with E-state index in [9.17, 15) is 30.3 Å². The molecule has 2 heterocycles. The van der Waals surface area contributed by atoms with Crippen LogP contribution in [0.4, 0.5) is 0 Å². The number of aliphatic imine (C=N–C) groups is 1. The van der Waals surface area contributed by atoms with E-state index in [4.69, 9.17) is 16.2 Å². The first kappa shape index (κ1) is 44.6. The molecule has 3 aromatic rings. The number of unbranched alkanes of at least 4 members (excludes halogenated alkanes) is 1. The predicted molar refractivity (Wildman–Crippen MR) is 242 cm³/mol. The molecule has 322 valence electrons. The van der Waals surface area contributed by atoms with Crippen LogP contribution in [0.25, 0.3) is 0 Å². The van der Waals surface area contributed by atoms with E-state index in [1.165, 1.54) is 0 Å². The van der Waals surface area contributed by atoms with Crippen LogP contribution in [0.3, 0.4) is 0 Å². The van der Waals surface area contributed by atoms with Gasteiger partial charge in [0.15, 0.2) is 17.3 Å². The molecule has 7 rings (SSSR count). The zero-order valence-electron chi connectivity index (χ0n) is 34.5. The molecule has 0 saturated heterocycles. The third-order valence-corrected chi connectivity index (χ3v) is 14.9. The standard InChI is InChI=1S/C49H57N3O7S2/c50-48(51)40-24-34-4-3-6-43-38(15-20-52-43)46(58)26-41-39(34)25-35(40)30-61-60-29-33-13-18-49(27-33,17-2-1-5-37(55)28-53)19-14-36(54)10-7-31-9-12-45(57)47(23-31)59-21-16-32-8-11-44(56)42(41)22-32/h8-9,11-12,14-15,19-20,22-25,33,37,41,48,53,55-58H,1-2,5-7,10,13,16-18,21,26-30,50-51H2/p-1/b19-14-,46-38?/t33-,37-,41+,49-/m0/s1. The molecule has 2 aliphatic heterocycles. The van der Waals surface area contributed by atoms with E-state index in [-0.39, 0.29) is 48.1 Å². The van der Waals surface area contributed by atoms with Gasteiger partial charge in [-0.1, -0.05) is 76.6 Å². The maximum atomic E-state index is 14.1. The average Bonchev–Trinajstić information content (AvgIpc) is 3.90. The van der Waals surface area contributed by atoms with Gasteiger partial charge in [-0.2, -0.15) is 0 Å². The fraction of sp³-hybridized carbons (Fsp3) is 0.429. The van der Waals surface area contributed by atoms with Gasteiger partial charge in [0.2, 0.25) is 0 Å². The van der Waals surface area contributed by atoms with Crippen molar-refractivity contribution in [3.63, 3.8) is 0 Å². The smallest absolute Gasteiger partial charge is 0.161 e. The van der Waals surface area contributed by atoms with Crippen molar-refractivity contribution in [3.05, 3.63) is 123 Å². The fourth-order valence-electron chi connectivity index (χ4n) is 9.02. The van der Waals surface area contributed by atoms with Crippen LogP contribution in [0.15, 0.2) is 89.3 Å². The predicted octanol–water partition coefficient (Wildman–Crippen LogP) is 7.15. The number of hydrogen-bond donors (Lipinski definition) is 6. The van der Waals surface area contributed by atoms with Crippen LogP contribution in [-0.2, 0) is 23.4 Å². The number of nitrogens with zero attached hydrogens (tertiary/aromatic N) is 1. The number of fused-ring (bicyclic) bond motifs is 9. The van der Waals surface area contributed by atoms with Crippen molar-refractivity contribution in [3.8, 4) is 29.1 Å². The Morgan fingerprint density at radius 2 is 1.80 bits per heavy atom. The van der Waals surface area contributed by atoms with Crippen molar-refractivity contribution in [2.24, 2.45) is 27.8 Å². The van der Waals surface area contributed by atoms with E-state index >= 15 is 0 Å². The molecule has 0 amide bonds. The molecule has 0 spiro atoms. The number of rotatable bonds is 7. The lowest BCUT2D eigenvalue weighted by atomic mass is 9.79. The summed E-state index contributed by atoms with van der Waals surface area (Å²) in [6.07, 6.45) is 13.6. The normalized spacial score (nSPS) is 23.2. The number of carbonyl (C=O) groups excluding carboxylic acids is 1. The number of aromatic hydroxyl groups is 2. The highest BCUT2D eigenvalue weighted by atomic mass is 33.1. The fourth-order valence-corrected chi connectivity index (χ4v) is 11.6. The van der Waals surface area contributed by atoms with Gasteiger partial charge < -0.3 is 41.7 Å². The Labute approximate surface area is 366 Å². The second-order valence-corrected chi connectivity index (χ2v) is 19.3. The Morgan fingerprint density at radius 1 is 0.984 bits per heavy atom. The van der Waals surface area contributed by atoms with E-state index in [1.54, 1.807) is 47.3 Å². The summed E-state index contributed by atoms with van der Waals surface area (Å²) in [4.78, 5) is 17.8. The molecule has 0 aromatic heterocycles. The first-order chi connectivity index (χ1) is 29.5. The lowest BCUT2D eigenvalue weighted by Gasteiger charge is -2.28. The quantitative estimate of drug-likeness (QED) is 0.0612. The van der Waals surface area contributed by atoms with Crippen molar-refractivity contribution in [2.75, 3.05) is 19.0 Å².